The van der Waals surface area contributed by atoms with Gasteiger partial charge in [0.25, 0.3) is 0 Å². The van der Waals surface area contributed by atoms with Gasteiger partial charge in [-0.3, -0.25) is 15.0 Å². The molecule has 0 spiro atoms. The average molecular weight is 349 g/mol. The van der Waals surface area contributed by atoms with E-state index in [2.05, 4.69) is 39.2 Å². The van der Waals surface area contributed by atoms with Crippen molar-refractivity contribution in [2.75, 3.05) is 5.01 Å². The van der Waals surface area contributed by atoms with Gasteiger partial charge >= 0.3 is 0 Å². The van der Waals surface area contributed by atoms with Crippen molar-refractivity contribution < 1.29 is 0 Å². The summed E-state index contributed by atoms with van der Waals surface area (Å²) >= 11 is 6.06. The van der Waals surface area contributed by atoms with Gasteiger partial charge in [-0.05, 0) is 36.8 Å². The van der Waals surface area contributed by atoms with Crippen molar-refractivity contribution in [1.82, 2.24) is 9.97 Å². The maximum atomic E-state index is 6.06. The van der Waals surface area contributed by atoms with Gasteiger partial charge < -0.3 is 0 Å². The molecule has 124 valence electrons. The normalized spacial score (nSPS) is 16.8. The Labute approximate surface area is 151 Å². The van der Waals surface area contributed by atoms with Crippen LogP contribution in [-0.2, 0) is 0 Å². The van der Waals surface area contributed by atoms with Gasteiger partial charge in [0, 0.05) is 23.8 Å². The first kappa shape index (κ1) is 15.8. The Bertz CT molecular complexity index is 906. The first-order chi connectivity index (χ1) is 12.2. The number of nitrogens with zero attached hydrogens (tertiary/aromatic N) is 4. The topological polar surface area (TPSA) is 41.4 Å². The van der Waals surface area contributed by atoms with Gasteiger partial charge in [-0.25, -0.2) is 0 Å². The Morgan fingerprint density at radius 1 is 0.960 bits per heavy atom. The summed E-state index contributed by atoms with van der Waals surface area (Å²) in [6.45, 7) is 1.97. The van der Waals surface area contributed by atoms with Crippen molar-refractivity contribution in [3.8, 4) is 0 Å². The number of rotatable bonds is 3. The average Bonchev–Trinajstić information content (AvgIpc) is 3.08. The Balaban J connectivity index is 1.77. The van der Waals surface area contributed by atoms with Crippen LogP contribution in [-0.4, -0.2) is 15.7 Å². The molecule has 1 aliphatic heterocycles. The number of hydrogen-bond acceptors (Lipinski definition) is 4. The molecule has 0 saturated heterocycles. The van der Waals surface area contributed by atoms with Gasteiger partial charge in [-0.15, -0.1) is 0 Å². The third-order valence-electron chi connectivity index (χ3n) is 4.34. The van der Waals surface area contributed by atoms with Gasteiger partial charge in [0.2, 0.25) is 0 Å². The van der Waals surface area contributed by atoms with E-state index in [0.717, 1.165) is 34.2 Å². The standard InChI is InChI=1S/C20H17ClN4/c1-14-20(23-12-11-22-14)18-13-19(15-7-9-16(21)10-8-15)25(24-18)17-5-3-2-4-6-17/h2-12,19H,13H2,1H3. The molecule has 0 N–H and O–H groups in total. The fraction of sp³-hybridized carbons (Fsp3) is 0.150. The van der Waals surface area contributed by atoms with Crippen LogP contribution >= 0.6 is 11.6 Å². The Kier molecular flexibility index (Phi) is 4.20. The third kappa shape index (κ3) is 3.13. The van der Waals surface area contributed by atoms with Gasteiger partial charge in [0.15, 0.2) is 0 Å². The SMILES string of the molecule is Cc1nccnc1C1=NN(c2ccccc2)C(c2ccc(Cl)cc2)C1. The van der Waals surface area contributed by atoms with Gasteiger partial charge in [0.05, 0.1) is 23.1 Å². The minimum Gasteiger partial charge on any atom is -0.258 e. The Hall–Kier alpha value is -2.72. The van der Waals surface area contributed by atoms with E-state index in [9.17, 15) is 0 Å². The van der Waals surface area contributed by atoms with Crippen LogP contribution in [0.25, 0.3) is 0 Å². The van der Waals surface area contributed by atoms with Crippen molar-refractivity contribution in [3.63, 3.8) is 0 Å². The van der Waals surface area contributed by atoms with E-state index in [-0.39, 0.29) is 6.04 Å². The van der Waals surface area contributed by atoms with Crippen molar-refractivity contribution in [2.45, 2.75) is 19.4 Å². The number of hydrazone groups is 1. The molecule has 0 amide bonds. The zero-order valence-corrected chi connectivity index (χ0v) is 14.6. The Morgan fingerprint density at radius 2 is 1.68 bits per heavy atom. The summed E-state index contributed by atoms with van der Waals surface area (Å²) in [7, 11) is 0. The molecule has 5 heteroatoms. The molecule has 0 radical (unpaired) electrons. The molecular weight excluding hydrogens is 332 g/mol. The molecule has 1 aromatic heterocycles. The molecule has 1 aliphatic rings. The highest BCUT2D eigenvalue weighted by Crippen LogP contribution is 2.36. The van der Waals surface area contributed by atoms with Crippen LogP contribution in [0.5, 0.6) is 0 Å². The molecule has 2 aromatic carbocycles. The molecule has 25 heavy (non-hydrogen) atoms. The van der Waals surface area contributed by atoms with E-state index < -0.39 is 0 Å². The van der Waals surface area contributed by atoms with Crippen molar-refractivity contribution in [1.29, 1.82) is 0 Å². The summed E-state index contributed by atoms with van der Waals surface area (Å²) in [6.07, 6.45) is 4.20. The lowest BCUT2D eigenvalue weighted by Crippen LogP contribution is -2.18. The molecule has 1 atom stereocenters. The number of para-hydroxylation sites is 1. The summed E-state index contributed by atoms with van der Waals surface area (Å²) in [6, 6.07) is 18.3. The maximum absolute atomic E-state index is 6.06. The molecule has 4 rings (SSSR count). The van der Waals surface area contributed by atoms with E-state index in [4.69, 9.17) is 16.7 Å². The van der Waals surface area contributed by atoms with Gasteiger partial charge in [0.1, 0.15) is 5.69 Å². The number of aryl methyl sites for hydroxylation is 1. The van der Waals surface area contributed by atoms with Crippen LogP contribution < -0.4 is 5.01 Å². The monoisotopic (exact) mass is 348 g/mol. The zero-order chi connectivity index (χ0) is 17.2. The molecule has 0 bridgehead atoms. The smallest absolute Gasteiger partial charge is 0.108 e. The highest BCUT2D eigenvalue weighted by atomic mass is 35.5. The predicted molar refractivity (Wildman–Crippen MR) is 101 cm³/mol. The number of aromatic nitrogens is 2. The highest BCUT2D eigenvalue weighted by Gasteiger charge is 2.31. The second-order valence-electron chi connectivity index (χ2n) is 5.99. The third-order valence-corrected chi connectivity index (χ3v) is 4.59. The quantitative estimate of drug-likeness (QED) is 0.683. The minimum absolute atomic E-state index is 0.107. The van der Waals surface area contributed by atoms with Crippen molar-refractivity contribution in [3.05, 3.63) is 89.0 Å². The van der Waals surface area contributed by atoms with E-state index in [1.165, 1.54) is 5.56 Å². The lowest BCUT2D eigenvalue weighted by atomic mass is 9.99. The number of halogens is 1. The van der Waals surface area contributed by atoms with E-state index >= 15 is 0 Å². The summed E-state index contributed by atoms with van der Waals surface area (Å²) in [5, 5.41) is 7.68. The summed E-state index contributed by atoms with van der Waals surface area (Å²) < 4.78 is 0. The molecule has 1 unspecified atom stereocenters. The van der Waals surface area contributed by atoms with E-state index in [1.807, 2.05) is 37.3 Å². The Morgan fingerprint density at radius 3 is 2.40 bits per heavy atom. The zero-order valence-electron chi connectivity index (χ0n) is 13.8. The molecule has 0 fully saturated rings. The summed E-state index contributed by atoms with van der Waals surface area (Å²) in [5.74, 6) is 0. The van der Waals surface area contributed by atoms with Crippen molar-refractivity contribution >= 4 is 23.0 Å². The molecule has 0 aliphatic carbocycles. The van der Waals surface area contributed by atoms with Crippen LogP contribution in [0.4, 0.5) is 5.69 Å². The van der Waals surface area contributed by atoms with Crippen LogP contribution in [0.2, 0.25) is 5.02 Å². The first-order valence-electron chi connectivity index (χ1n) is 8.17. The van der Waals surface area contributed by atoms with Crippen LogP contribution in [0, 0.1) is 6.92 Å². The van der Waals surface area contributed by atoms with Gasteiger partial charge in [-0.2, -0.15) is 5.10 Å². The second kappa shape index (κ2) is 6.65. The molecule has 4 nitrogen and oxygen atoms in total. The number of benzene rings is 2. The van der Waals surface area contributed by atoms with Crippen LogP contribution in [0.1, 0.15) is 29.4 Å². The molecule has 3 aromatic rings. The summed E-state index contributed by atoms with van der Waals surface area (Å²) in [5.41, 5.74) is 4.94. The maximum Gasteiger partial charge on any atom is 0.108 e. The molecule has 2 heterocycles. The highest BCUT2D eigenvalue weighted by molar-refractivity contribution is 6.30. The largest absolute Gasteiger partial charge is 0.258 e. The molecule has 0 saturated carbocycles. The van der Waals surface area contributed by atoms with E-state index in [1.54, 1.807) is 12.4 Å². The summed E-state index contributed by atoms with van der Waals surface area (Å²) in [4.78, 5) is 8.84. The van der Waals surface area contributed by atoms with Crippen LogP contribution in [0.3, 0.4) is 0 Å². The fourth-order valence-corrected chi connectivity index (χ4v) is 3.23. The predicted octanol–water partition coefficient (Wildman–Crippen LogP) is 4.79. The minimum atomic E-state index is 0.107. The second-order valence-corrected chi connectivity index (χ2v) is 6.43. The van der Waals surface area contributed by atoms with Crippen LogP contribution in [0.15, 0.2) is 72.1 Å². The fourth-order valence-electron chi connectivity index (χ4n) is 3.11. The van der Waals surface area contributed by atoms with E-state index in [0.29, 0.717) is 0 Å². The lowest BCUT2D eigenvalue weighted by molar-refractivity contribution is 0.709. The number of hydrogen-bond donors (Lipinski definition) is 0. The lowest BCUT2D eigenvalue weighted by Gasteiger charge is -2.24. The van der Waals surface area contributed by atoms with Crippen molar-refractivity contribution in [2.24, 2.45) is 5.10 Å². The molecular formula is C20H17ClN4. The van der Waals surface area contributed by atoms with Gasteiger partial charge in [-0.1, -0.05) is 41.9 Å². The number of anilines is 1. The first-order valence-corrected chi connectivity index (χ1v) is 8.55.